The highest BCUT2D eigenvalue weighted by Gasteiger charge is 2.20. The minimum atomic E-state index is -3.75. The zero-order chi connectivity index (χ0) is 16.7. The maximum Gasteiger partial charge on any atom is 0.262 e. The Morgan fingerprint density at radius 3 is 1.86 bits per heavy atom. The highest BCUT2D eigenvalue weighted by molar-refractivity contribution is 7.92. The highest BCUT2D eigenvalue weighted by Crippen LogP contribution is 2.32. The average Bonchev–Trinajstić information content (AvgIpc) is 2.33. The molecular formula is C15H16Cl2N2O2S. The van der Waals surface area contributed by atoms with Crippen molar-refractivity contribution in [1.29, 1.82) is 0 Å². The van der Waals surface area contributed by atoms with Gasteiger partial charge in [-0.2, -0.15) is 0 Å². The topological polar surface area (TPSA) is 72.2 Å². The molecule has 0 atom stereocenters. The molecule has 2 aromatic rings. The number of hydrogen-bond acceptors (Lipinski definition) is 3. The van der Waals surface area contributed by atoms with Crippen molar-refractivity contribution < 1.29 is 8.42 Å². The van der Waals surface area contributed by atoms with Gasteiger partial charge in [-0.05, 0) is 44.0 Å². The smallest absolute Gasteiger partial charge is 0.262 e. The van der Waals surface area contributed by atoms with Gasteiger partial charge in [0.25, 0.3) is 10.0 Å². The standard InChI is InChI=1S/C15H16Cl2N2O2S/c1-8-4-9(2)15(10(3)5-8)22(20,21)19-11-6-12(16)14(18)13(17)7-11/h4-7,19H,18H2,1-3H3. The Balaban J connectivity index is 2.49. The van der Waals surface area contributed by atoms with Crippen molar-refractivity contribution in [2.24, 2.45) is 0 Å². The lowest BCUT2D eigenvalue weighted by Gasteiger charge is -2.14. The van der Waals surface area contributed by atoms with Gasteiger partial charge in [-0.3, -0.25) is 4.72 Å². The maximum atomic E-state index is 12.6. The van der Waals surface area contributed by atoms with Gasteiger partial charge in [0.2, 0.25) is 0 Å². The van der Waals surface area contributed by atoms with Crippen LogP contribution in [0.25, 0.3) is 0 Å². The third kappa shape index (κ3) is 3.32. The zero-order valence-corrected chi connectivity index (χ0v) is 14.7. The summed E-state index contributed by atoms with van der Waals surface area (Å²) in [6.45, 7) is 5.44. The second kappa shape index (κ2) is 5.99. The van der Waals surface area contributed by atoms with E-state index >= 15 is 0 Å². The van der Waals surface area contributed by atoms with Gasteiger partial charge in [0, 0.05) is 0 Å². The van der Waals surface area contributed by atoms with Gasteiger partial charge in [0.1, 0.15) is 0 Å². The van der Waals surface area contributed by atoms with Crippen molar-refractivity contribution in [3.63, 3.8) is 0 Å². The van der Waals surface area contributed by atoms with E-state index in [9.17, 15) is 8.42 Å². The summed E-state index contributed by atoms with van der Waals surface area (Å²) in [7, 11) is -3.75. The van der Waals surface area contributed by atoms with E-state index < -0.39 is 10.0 Å². The summed E-state index contributed by atoms with van der Waals surface area (Å²) in [4.78, 5) is 0.252. The minimum Gasteiger partial charge on any atom is -0.396 e. The molecule has 0 saturated carbocycles. The first kappa shape index (κ1) is 16.9. The molecule has 0 aliphatic carbocycles. The van der Waals surface area contributed by atoms with Crippen LogP contribution in [0.1, 0.15) is 16.7 Å². The van der Waals surface area contributed by atoms with E-state index in [-0.39, 0.29) is 26.3 Å². The molecule has 0 saturated heterocycles. The molecule has 7 heteroatoms. The number of aryl methyl sites for hydroxylation is 3. The van der Waals surface area contributed by atoms with E-state index in [4.69, 9.17) is 28.9 Å². The van der Waals surface area contributed by atoms with Gasteiger partial charge in [0.05, 0.1) is 26.3 Å². The minimum absolute atomic E-state index is 0.197. The van der Waals surface area contributed by atoms with Crippen LogP contribution in [0.2, 0.25) is 10.0 Å². The fraction of sp³-hybridized carbons (Fsp3) is 0.200. The highest BCUT2D eigenvalue weighted by atomic mass is 35.5. The zero-order valence-electron chi connectivity index (χ0n) is 12.4. The lowest BCUT2D eigenvalue weighted by Crippen LogP contribution is -2.16. The van der Waals surface area contributed by atoms with Gasteiger partial charge >= 0.3 is 0 Å². The molecule has 0 bridgehead atoms. The molecule has 0 heterocycles. The number of halogens is 2. The Morgan fingerprint density at radius 1 is 0.955 bits per heavy atom. The summed E-state index contributed by atoms with van der Waals surface area (Å²) in [5.41, 5.74) is 8.50. The first-order valence-corrected chi connectivity index (χ1v) is 8.71. The third-order valence-electron chi connectivity index (χ3n) is 3.20. The monoisotopic (exact) mass is 358 g/mol. The van der Waals surface area contributed by atoms with Crippen LogP contribution in [-0.4, -0.2) is 8.42 Å². The predicted molar refractivity (Wildman–Crippen MR) is 92.3 cm³/mol. The Morgan fingerprint density at radius 2 is 1.41 bits per heavy atom. The van der Waals surface area contributed by atoms with E-state index in [1.54, 1.807) is 13.8 Å². The number of rotatable bonds is 3. The van der Waals surface area contributed by atoms with E-state index in [1.807, 2.05) is 19.1 Å². The van der Waals surface area contributed by atoms with Crippen LogP contribution in [0.15, 0.2) is 29.2 Å². The summed E-state index contributed by atoms with van der Waals surface area (Å²) < 4.78 is 27.8. The quantitative estimate of drug-likeness (QED) is 0.803. The largest absolute Gasteiger partial charge is 0.396 e. The molecule has 2 rings (SSSR count). The molecule has 3 N–H and O–H groups in total. The van der Waals surface area contributed by atoms with Gasteiger partial charge in [-0.25, -0.2) is 8.42 Å². The van der Waals surface area contributed by atoms with Crippen LogP contribution in [0, 0.1) is 20.8 Å². The second-order valence-corrected chi connectivity index (χ2v) is 7.62. The van der Waals surface area contributed by atoms with Crippen LogP contribution >= 0.6 is 23.2 Å². The van der Waals surface area contributed by atoms with Crippen molar-refractivity contribution in [2.75, 3.05) is 10.5 Å². The van der Waals surface area contributed by atoms with Crippen LogP contribution in [0.4, 0.5) is 11.4 Å². The van der Waals surface area contributed by atoms with Crippen LogP contribution in [-0.2, 0) is 10.0 Å². The van der Waals surface area contributed by atoms with E-state index in [0.29, 0.717) is 11.1 Å². The summed E-state index contributed by atoms with van der Waals surface area (Å²) in [5, 5.41) is 0.394. The molecule has 0 aromatic heterocycles. The van der Waals surface area contributed by atoms with E-state index in [2.05, 4.69) is 4.72 Å². The third-order valence-corrected chi connectivity index (χ3v) is 5.52. The molecule has 0 radical (unpaired) electrons. The summed E-state index contributed by atoms with van der Waals surface area (Å²) in [6.07, 6.45) is 0. The molecule has 22 heavy (non-hydrogen) atoms. The average molecular weight is 359 g/mol. The molecule has 0 fully saturated rings. The molecular weight excluding hydrogens is 343 g/mol. The van der Waals surface area contributed by atoms with Crippen molar-refractivity contribution in [3.05, 3.63) is 51.0 Å². The molecule has 0 spiro atoms. The summed E-state index contributed by atoms with van der Waals surface area (Å²) in [6, 6.07) is 6.51. The number of hydrogen-bond donors (Lipinski definition) is 2. The molecule has 0 aliphatic heterocycles. The van der Waals surface area contributed by atoms with Gasteiger partial charge in [-0.1, -0.05) is 40.9 Å². The molecule has 2 aromatic carbocycles. The second-order valence-electron chi connectivity index (χ2n) is 5.19. The van der Waals surface area contributed by atoms with E-state index in [1.165, 1.54) is 12.1 Å². The number of nitrogen functional groups attached to an aromatic ring is 1. The molecule has 0 aliphatic rings. The number of nitrogens with one attached hydrogen (secondary N) is 1. The Hall–Kier alpha value is -1.43. The lowest BCUT2D eigenvalue weighted by molar-refractivity contribution is 0.600. The lowest BCUT2D eigenvalue weighted by atomic mass is 10.1. The fourth-order valence-corrected chi connectivity index (χ4v) is 4.42. The number of benzene rings is 2. The summed E-state index contributed by atoms with van der Waals surface area (Å²) >= 11 is 11.9. The van der Waals surface area contributed by atoms with Crippen molar-refractivity contribution in [3.8, 4) is 0 Å². The van der Waals surface area contributed by atoms with E-state index in [0.717, 1.165) is 5.56 Å². The molecule has 0 unspecified atom stereocenters. The normalized spacial score (nSPS) is 11.5. The first-order valence-electron chi connectivity index (χ1n) is 6.47. The SMILES string of the molecule is Cc1cc(C)c(S(=O)(=O)Nc2cc(Cl)c(N)c(Cl)c2)c(C)c1. The fourth-order valence-electron chi connectivity index (χ4n) is 2.44. The summed E-state index contributed by atoms with van der Waals surface area (Å²) in [5.74, 6) is 0. The van der Waals surface area contributed by atoms with Crippen molar-refractivity contribution >= 4 is 44.6 Å². The Labute approximate surface area is 140 Å². The Kier molecular flexibility index (Phi) is 4.61. The Bertz CT molecular complexity index is 803. The van der Waals surface area contributed by atoms with Crippen LogP contribution in [0.3, 0.4) is 0 Å². The number of nitrogens with two attached hydrogens (primary N) is 1. The maximum absolute atomic E-state index is 12.6. The number of sulfonamides is 1. The van der Waals surface area contributed by atoms with Gasteiger partial charge in [-0.15, -0.1) is 0 Å². The molecule has 118 valence electrons. The molecule has 0 amide bonds. The van der Waals surface area contributed by atoms with Crippen molar-refractivity contribution in [2.45, 2.75) is 25.7 Å². The van der Waals surface area contributed by atoms with Gasteiger partial charge < -0.3 is 5.73 Å². The molecule has 4 nitrogen and oxygen atoms in total. The predicted octanol–water partition coefficient (Wildman–Crippen LogP) is 4.30. The van der Waals surface area contributed by atoms with Gasteiger partial charge in [0.15, 0.2) is 0 Å². The van der Waals surface area contributed by atoms with Crippen molar-refractivity contribution in [1.82, 2.24) is 0 Å². The first-order chi connectivity index (χ1) is 10.1. The number of anilines is 2. The van der Waals surface area contributed by atoms with Crippen LogP contribution < -0.4 is 10.5 Å². The van der Waals surface area contributed by atoms with Crippen LogP contribution in [0.5, 0.6) is 0 Å².